The Bertz CT molecular complexity index is 458. The van der Waals surface area contributed by atoms with Crippen molar-refractivity contribution in [2.75, 3.05) is 37.9 Å². The molecule has 1 aromatic carbocycles. The standard InChI is InChI=1S/C15H23N3O2/c1-17-15(19)12-5-6-14(13(16)9-12)18-7-2-8-20-10-11-3-4-11/h5-6,9,11,18H,2-4,7-8,10,16H2,1H3,(H,17,19). The molecule has 0 spiro atoms. The number of nitrogens with one attached hydrogen (secondary N) is 2. The van der Waals surface area contributed by atoms with E-state index in [1.54, 1.807) is 19.2 Å². The molecule has 1 aromatic rings. The summed E-state index contributed by atoms with van der Waals surface area (Å²) in [6.07, 6.45) is 3.60. The van der Waals surface area contributed by atoms with Gasteiger partial charge in [0.15, 0.2) is 0 Å². The molecule has 0 aliphatic heterocycles. The van der Waals surface area contributed by atoms with Crippen LogP contribution in [0.3, 0.4) is 0 Å². The molecule has 2 rings (SSSR count). The molecule has 1 amide bonds. The van der Waals surface area contributed by atoms with Gasteiger partial charge in [0.2, 0.25) is 0 Å². The van der Waals surface area contributed by atoms with Crippen molar-refractivity contribution in [3.63, 3.8) is 0 Å². The highest BCUT2D eigenvalue weighted by molar-refractivity contribution is 5.95. The van der Waals surface area contributed by atoms with Gasteiger partial charge in [-0.2, -0.15) is 0 Å². The zero-order valence-corrected chi connectivity index (χ0v) is 11.9. The van der Waals surface area contributed by atoms with Crippen molar-refractivity contribution in [1.82, 2.24) is 5.32 Å². The first-order valence-corrected chi connectivity index (χ1v) is 7.14. The topological polar surface area (TPSA) is 76.4 Å². The largest absolute Gasteiger partial charge is 0.397 e. The average molecular weight is 277 g/mol. The third-order valence-corrected chi connectivity index (χ3v) is 3.37. The zero-order chi connectivity index (χ0) is 14.4. The average Bonchev–Trinajstić information content (AvgIpc) is 3.27. The molecule has 0 heterocycles. The summed E-state index contributed by atoms with van der Waals surface area (Å²) >= 11 is 0. The highest BCUT2D eigenvalue weighted by atomic mass is 16.5. The lowest BCUT2D eigenvalue weighted by Crippen LogP contribution is -2.18. The Labute approximate surface area is 119 Å². The molecule has 1 aliphatic carbocycles. The van der Waals surface area contributed by atoms with E-state index in [1.165, 1.54) is 12.8 Å². The van der Waals surface area contributed by atoms with Crippen LogP contribution in [0.25, 0.3) is 0 Å². The molecule has 0 atom stereocenters. The van der Waals surface area contributed by atoms with Gasteiger partial charge in [0.05, 0.1) is 11.4 Å². The summed E-state index contributed by atoms with van der Waals surface area (Å²) in [5.41, 5.74) is 7.95. The molecule has 1 aliphatic rings. The van der Waals surface area contributed by atoms with E-state index in [9.17, 15) is 4.79 Å². The number of carbonyl (C=O) groups is 1. The van der Waals surface area contributed by atoms with E-state index in [1.807, 2.05) is 6.07 Å². The second-order valence-electron chi connectivity index (χ2n) is 5.18. The summed E-state index contributed by atoms with van der Waals surface area (Å²) in [5, 5.41) is 5.84. The van der Waals surface area contributed by atoms with Gasteiger partial charge in [-0.3, -0.25) is 4.79 Å². The number of benzene rings is 1. The first-order valence-electron chi connectivity index (χ1n) is 7.14. The molecule has 0 radical (unpaired) electrons. The van der Waals surface area contributed by atoms with Gasteiger partial charge in [-0.15, -0.1) is 0 Å². The molecule has 110 valence electrons. The first-order chi connectivity index (χ1) is 9.70. The number of rotatable bonds is 8. The summed E-state index contributed by atoms with van der Waals surface area (Å²) in [4.78, 5) is 11.5. The lowest BCUT2D eigenvalue weighted by Gasteiger charge is -2.10. The third-order valence-electron chi connectivity index (χ3n) is 3.37. The van der Waals surface area contributed by atoms with Gasteiger partial charge in [-0.1, -0.05) is 0 Å². The Hall–Kier alpha value is -1.75. The predicted molar refractivity (Wildman–Crippen MR) is 80.9 cm³/mol. The minimum atomic E-state index is -0.128. The summed E-state index contributed by atoms with van der Waals surface area (Å²) in [6, 6.07) is 5.29. The van der Waals surface area contributed by atoms with Crippen molar-refractivity contribution in [3.8, 4) is 0 Å². The van der Waals surface area contributed by atoms with Crippen molar-refractivity contribution in [2.24, 2.45) is 5.92 Å². The van der Waals surface area contributed by atoms with Crippen LogP contribution >= 0.6 is 0 Å². The van der Waals surface area contributed by atoms with E-state index in [0.29, 0.717) is 11.3 Å². The van der Waals surface area contributed by atoms with Crippen LogP contribution in [-0.4, -0.2) is 32.7 Å². The molecule has 5 nitrogen and oxygen atoms in total. The molecule has 5 heteroatoms. The van der Waals surface area contributed by atoms with Crippen LogP contribution < -0.4 is 16.4 Å². The minimum Gasteiger partial charge on any atom is -0.397 e. The van der Waals surface area contributed by atoms with Gasteiger partial charge in [-0.25, -0.2) is 0 Å². The van der Waals surface area contributed by atoms with Crippen LogP contribution in [0, 0.1) is 5.92 Å². The quantitative estimate of drug-likeness (QED) is 0.501. The van der Waals surface area contributed by atoms with Gasteiger partial charge >= 0.3 is 0 Å². The van der Waals surface area contributed by atoms with Gasteiger partial charge in [0, 0.05) is 32.4 Å². The van der Waals surface area contributed by atoms with E-state index in [4.69, 9.17) is 10.5 Å². The van der Waals surface area contributed by atoms with Gasteiger partial charge in [0.1, 0.15) is 0 Å². The second kappa shape index (κ2) is 7.14. The molecule has 0 bridgehead atoms. The Balaban J connectivity index is 1.70. The molecule has 1 fully saturated rings. The Kier molecular flexibility index (Phi) is 5.24. The minimum absolute atomic E-state index is 0.128. The number of nitrogen functional groups attached to an aromatic ring is 1. The number of hydrogen-bond donors (Lipinski definition) is 3. The Morgan fingerprint density at radius 3 is 2.90 bits per heavy atom. The fourth-order valence-corrected chi connectivity index (χ4v) is 1.94. The van der Waals surface area contributed by atoms with E-state index in [2.05, 4.69) is 10.6 Å². The Morgan fingerprint density at radius 2 is 2.25 bits per heavy atom. The van der Waals surface area contributed by atoms with E-state index in [-0.39, 0.29) is 5.91 Å². The summed E-state index contributed by atoms with van der Waals surface area (Å²) < 4.78 is 5.57. The van der Waals surface area contributed by atoms with Gasteiger partial charge in [0.25, 0.3) is 5.91 Å². The number of anilines is 2. The van der Waals surface area contributed by atoms with Crippen molar-refractivity contribution in [3.05, 3.63) is 23.8 Å². The monoisotopic (exact) mass is 277 g/mol. The van der Waals surface area contributed by atoms with Crippen molar-refractivity contribution >= 4 is 17.3 Å². The molecular weight excluding hydrogens is 254 g/mol. The SMILES string of the molecule is CNC(=O)c1ccc(NCCCOCC2CC2)c(N)c1. The number of amides is 1. The van der Waals surface area contributed by atoms with E-state index < -0.39 is 0 Å². The summed E-state index contributed by atoms with van der Waals surface area (Å²) in [5.74, 6) is 0.688. The molecule has 1 saturated carbocycles. The highest BCUT2D eigenvalue weighted by Gasteiger charge is 2.20. The molecule has 4 N–H and O–H groups in total. The lowest BCUT2D eigenvalue weighted by atomic mass is 10.1. The van der Waals surface area contributed by atoms with Crippen LogP contribution in [0.2, 0.25) is 0 Å². The fraction of sp³-hybridized carbons (Fsp3) is 0.533. The van der Waals surface area contributed by atoms with E-state index in [0.717, 1.165) is 37.8 Å². The maximum Gasteiger partial charge on any atom is 0.251 e. The van der Waals surface area contributed by atoms with Crippen LogP contribution in [0.15, 0.2) is 18.2 Å². The van der Waals surface area contributed by atoms with E-state index >= 15 is 0 Å². The first kappa shape index (κ1) is 14.7. The lowest BCUT2D eigenvalue weighted by molar-refractivity contribution is 0.0963. The molecule has 0 unspecified atom stereocenters. The third kappa shape index (κ3) is 4.42. The van der Waals surface area contributed by atoms with Gasteiger partial charge in [-0.05, 0) is 43.4 Å². The Morgan fingerprint density at radius 1 is 1.45 bits per heavy atom. The molecular formula is C15H23N3O2. The highest BCUT2D eigenvalue weighted by Crippen LogP contribution is 2.28. The van der Waals surface area contributed by atoms with Crippen molar-refractivity contribution in [2.45, 2.75) is 19.3 Å². The maximum absolute atomic E-state index is 11.5. The summed E-state index contributed by atoms with van der Waals surface area (Å²) in [7, 11) is 1.60. The molecule has 0 aromatic heterocycles. The van der Waals surface area contributed by atoms with Gasteiger partial charge < -0.3 is 21.1 Å². The van der Waals surface area contributed by atoms with Crippen LogP contribution in [0.1, 0.15) is 29.6 Å². The number of carbonyl (C=O) groups excluding carboxylic acids is 1. The smallest absolute Gasteiger partial charge is 0.251 e. The van der Waals surface area contributed by atoms with Crippen LogP contribution in [0.5, 0.6) is 0 Å². The normalized spacial score (nSPS) is 14.1. The van der Waals surface area contributed by atoms with Crippen LogP contribution in [0.4, 0.5) is 11.4 Å². The summed E-state index contributed by atoms with van der Waals surface area (Å²) in [6.45, 7) is 2.50. The predicted octanol–water partition coefficient (Wildman–Crippen LogP) is 1.86. The fourth-order valence-electron chi connectivity index (χ4n) is 1.94. The van der Waals surface area contributed by atoms with Crippen molar-refractivity contribution < 1.29 is 9.53 Å². The number of nitrogens with two attached hydrogens (primary N) is 1. The van der Waals surface area contributed by atoms with Crippen LogP contribution in [-0.2, 0) is 4.74 Å². The molecule has 20 heavy (non-hydrogen) atoms. The second-order valence-corrected chi connectivity index (χ2v) is 5.18. The van der Waals surface area contributed by atoms with Crippen molar-refractivity contribution in [1.29, 1.82) is 0 Å². The zero-order valence-electron chi connectivity index (χ0n) is 11.9. The maximum atomic E-state index is 11.5. The number of ether oxygens (including phenoxy) is 1. The molecule has 0 saturated heterocycles. The number of hydrogen-bond acceptors (Lipinski definition) is 4.